The third-order valence-electron chi connectivity index (χ3n) is 7.39. The van der Waals surface area contributed by atoms with Gasteiger partial charge < -0.3 is 20.1 Å². The number of hydrogen-bond donors (Lipinski definition) is 2. The molecule has 0 aliphatic carbocycles. The lowest BCUT2D eigenvalue weighted by Crippen LogP contribution is -2.42. The zero-order valence-corrected chi connectivity index (χ0v) is 26.4. The highest BCUT2D eigenvalue weighted by atomic mass is 32.2. The van der Waals surface area contributed by atoms with Gasteiger partial charge in [0.15, 0.2) is 10.3 Å². The average molecular weight is 623 g/mol. The van der Waals surface area contributed by atoms with Gasteiger partial charge in [-0.1, -0.05) is 53.9 Å². The van der Waals surface area contributed by atoms with Crippen LogP contribution in [-0.4, -0.2) is 74.1 Å². The number of amidine groups is 2. The zero-order chi connectivity index (χ0) is 29.9. The first-order valence-electron chi connectivity index (χ1n) is 14.4. The van der Waals surface area contributed by atoms with Crippen LogP contribution in [0.5, 0.6) is 11.5 Å². The molecule has 3 aromatic carbocycles. The minimum absolute atomic E-state index is 0.215. The maximum Gasteiger partial charge on any atom is 0.159 e. The van der Waals surface area contributed by atoms with Gasteiger partial charge in [-0.15, -0.1) is 0 Å². The van der Waals surface area contributed by atoms with Gasteiger partial charge in [-0.25, -0.2) is 14.4 Å². The van der Waals surface area contributed by atoms with E-state index in [9.17, 15) is 4.39 Å². The van der Waals surface area contributed by atoms with Gasteiger partial charge >= 0.3 is 0 Å². The Kier molecular flexibility index (Phi) is 11.6. The van der Waals surface area contributed by atoms with Crippen molar-refractivity contribution >= 4 is 33.9 Å². The second kappa shape index (κ2) is 16.0. The van der Waals surface area contributed by atoms with Crippen LogP contribution in [-0.2, 0) is 24.3 Å². The molecular weight excluding hydrogens is 584 g/mol. The quantitative estimate of drug-likeness (QED) is 0.288. The van der Waals surface area contributed by atoms with Crippen molar-refractivity contribution in [1.82, 2.24) is 20.4 Å². The second-order valence-electron chi connectivity index (χ2n) is 10.4. The SMILES string of the molecule is COc1ccc(CCN2CN=C(SCc3ccc(F)cc3CSC3=NCN(CCc4ccc(OC)cc4)CN3)NC2)cc1. The Morgan fingerprint density at radius 1 is 0.698 bits per heavy atom. The van der Waals surface area contributed by atoms with Crippen LogP contribution in [0.15, 0.2) is 76.7 Å². The molecule has 0 amide bonds. The van der Waals surface area contributed by atoms with E-state index >= 15 is 0 Å². The Balaban J connectivity index is 1.05. The number of aliphatic imine (C=N–C) groups is 2. The van der Waals surface area contributed by atoms with Gasteiger partial charge in [0.1, 0.15) is 17.3 Å². The fourth-order valence-corrected chi connectivity index (χ4v) is 6.48. The lowest BCUT2D eigenvalue weighted by molar-refractivity contribution is 0.270. The molecule has 43 heavy (non-hydrogen) atoms. The van der Waals surface area contributed by atoms with Gasteiger partial charge in [-0.2, -0.15) is 0 Å². The number of methoxy groups -OCH3 is 2. The van der Waals surface area contributed by atoms with E-state index in [1.54, 1.807) is 43.8 Å². The fraction of sp³-hybridized carbons (Fsp3) is 0.375. The van der Waals surface area contributed by atoms with Gasteiger partial charge in [0.25, 0.3) is 0 Å². The Morgan fingerprint density at radius 2 is 1.19 bits per heavy atom. The summed E-state index contributed by atoms with van der Waals surface area (Å²) in [6, 6.07) is 21.5. The van der Waals surface area contributed by atoms with E-state index in [0.29, 0.717) is 19.1 Å². The van der Waals surface area contributed by atoms with Crippen LogP contribution >= 0.6 is 23.5 Å². The highest BCUT2D eigenvalue weighted by Crippen LogP contribution is 2.24. The van der Waals surface area contributed by atoms with Crippen LogP contribution in [0.25, 0.3) is 0 Å². The smallest absolute Gasteiger partial charge is 0.159 e. The third kappa shape index (κ3) is 9.62. The van der Waals surface area contributed by atoms with E-state index < -0.39 is 0 Å². The van der Waals surface area contributed by atoms with E-state index in [2.05, 4.69) is 44.7 Å². The summed E-state index contributed by atoms with van der Waals surface area (Å²) in [7, 11) is 3.36. The maximum atomic E-state index is 14.2. The number of thioether (sulfide) groups is 2. The number of hydrogen-bond acceptors (Lipinski definition) is 10. The van der Waals surface area contributed by atoms with Gasteiger partial charge in [0, 0.05) is 24.6 Å². The molecule has 0 unspecified atom stereocenters. The summed E-state index contributed by atoms with van der Waals surface area (Å²) < 4.78 is 24.7. The third-order valence-corrected chi connectivity index (χ3v) is 9.39. The molecular formula is C32H39FN6O2S2. The standard InChI is InChI=1S/C32H39FN6O2S2/c1-40-29-9-3-24(4-10-29)13-15-38-20-34-31(35-21-38)42-18-26-7-8-28(33)17-27(26)19-43-32-36-22-39(23-37-32)16-14-25-5-11-30(41-2)12-6-25/h3-12,17H,13-16,18-23H2,1-2H3,(H,34,35)(H,36,37). The Morgan fingerprint density at radius 3 is 1.63 bits per heavy atom. The monoisotopic (exact) mass is 622 g/mol. The summed E-state index contributed by atoms with van der Waals surface area (Å²) in [5, 5.41) is 8.69. The molecule has 0 saturated carbocycles. The lowest BCUT2D eigenvalue weighted by atomic mass is 10.1. The Bertz CT molecular complexity index is 1390. The summed E-state index contributed by atoms with van der Waals surface area (Å²) in [4.78, 5) is 14.0. The van der Waals surface area contributed by atoms with E-state index in [-0.39, 0.29) is 5.82 Å². The van der Waals surface area contributed by atoms with Crippen LogP contribution in [0, 0.1) is 5.82 Å². The molecule has 228 valence electrons. The van der Waals surface area contributed by atoms with Crippen molar-refractivity contribution in [2.45, 2.75) is 24.3 Å². The molecule has 0 atom stereocenters. The molecule has 0 fully saturated rings. The molecule has 3 aromatic rings. The van der Waals surface area contributed by atoms with Crippen molar-refractivity contribution in [2.24, 2.45) is 9.98 Å². The normalized spacial score (nSPS) is 15.7. The van der Waals surface area contributed by atoms with E-state index in [1.165, 1.54) is 17.2 Å². The maximum absolute atomic E-state index is 14.2. The fourth-order valence-electron chi connectivity index (χ4n) is 4.71. The summed E-state index contributed by atoms with van der Waals surface area (Å²) in [6.07, 6.45) is 1.91. The number of ether oxygens (including phenoxy) is 2. The van der Waals surface area contributed by atoms with Gasteiger partial charge in [0.2, 0.25) is 0 Å². The minimum atomic E-state index is -0.215. The number of nitrogens with one attached hydrogen (secondary N) is 2. The van der Waals surface area contributed by atoms with Crippen LogP contribution in [0.1, 0.15) is 22.3 Å². The summed E-state index contributed by atoms with van der Waals surface area (Å²) in [5.41, 5.74) is 4.66. The molecule has 0 saturated heterocycles. The van der Waals surface area contributed by atoms with Crippen molar-refractivity contribution in [3.8, 4) is 11.5 Å². The predicted octanol–water partition coefficient (Wildman–Crippen LogP) is 5.15. The molecule has 11 heteroatoms. The van der Waals surface area contributed by atoms with Crippen molar-refractivity contribution in [3.63, 3.8) is 0 Å². The molecule has 0 radical (unpaired) electrons. The molecule has 2 heterocycles. The Labute approximate surface area is 262 Å². The first-order valence-corrected chi connectivity index (χ1v) is 16.3. The van der Waals surface area contributed by atoms with Crippen molar-refractivity contribution in [3.05, 3.63) is 94.8 Å². The first kappa shape index (κ1) is 31.2. The molecule has 8 nitrogen and oxygen atoms in total. The number of nitrogens with zero attached hydrogens (tertiary/aromatic N) is 4. The second-order valence-corrected chi connectivity index (χ2v) is 12.3. The van der Waals surface area contributed by atoms with E-state index in [4.69, 9.17) is 19.5 Å². The molecule has 5 rings (SSSR count). The van der Waals surface area contributed by atoms with Crippen molar-refractivity contribution in [1.29, 1.82) is 0 Å². The highest BCUT2D eigenvalue weighted by Gasteiger charge is 2.16. The molecule has 0 bridgehead atoms. The van der Waals surface area contributed by atoms with Crippen LogP contribution in [0.2, 0.25) is 0 Å². The zero-order valence-electron chi connectivity index (χ0n) is 24.7. The largest absolute Gasteiger partial charge is 0.497 e. The van der Waals surface area contributed by atoms with Gasteiger partial charge in [-0.3, -0.25) is 9.80 Å². The number of rotatable bonds is 12. The van der Waals surface area contributed by atoms with Gasteiger partial charge in [-0.05, 0) is 71.5 Å². The van der Waals surface area contributed by atoms with E-state index in [1.807, 2.05) is 30.3 Å². The highest BCUT2D eigenvalue weighted by molar-refractivity contribution is 8.13. The minimum Gasteiger partial charge on any atom is -0.497 e. The number of halogens is 1. The molecule has 2 aliphatic heterocycles. The van der Waals surface area contributed by atoms with Crippen LogP contribution in [0.3, 0.4) is 0 Å². The average Bonchev–Trinajstić information content (AvgIpc) is 3.06. The topological polar surface area (TPSA) is 73.7 Å². The van der Waals surface area contributed by atoms with Gasteiger partial charge in [0.05, 0.1) is 40.9 Å². The van der Waals surface area contributed by atoms with Crippen molar-refractivity contribution < 1.29 is 13.9 Å². The summed E-state index contributed by atoms with van der Waals surface area (Å²) in [6.45, 7) is 4.68. The lowest BCUT2D eigenvalue weighted by Gasteiger charge is -2.27. The molecule has 0 aromatic heterocycles. The summed E-state index contributed by atoms with van der Waals surface area (Å²) in [5.74, 6) is 2.92. The van der Waals surface area contributed by atoms with Crippen LogP contribution < -0.4 is 20.1 Å². The summed E-state index contributed by atoms with van der Waals surface area (Å²) >= 11 is 3.29. The van der Waals surface area contributed by atoms with E-state index in [0.717, 1.165) is 78.0 Å². The van der Waals surface area contributed by atoms with Crippen molar-refractivity contribution in [2.75, 3.05) is 54.0 Å². The molecule has 2 N–H and O–H groups in total. The predicted molar refractivity (Wildman–Crippen MR) is 176 cm³/mol. The van der Waals surface area contributed by atoms with Crippen LogP contribution in [0.4, 0.5) is 4.39 Å². The number of benzene rings is 3. The molecule has 0 spiro atoms. The first-order chi connectivity index (χ1) is 21.1. The Hall–Kier alpha value is -3.25. The molecule has 2 aliphatic rings.